The molecular weight excluding hydrogens is 289 g/mol. The van der Waals surface area contributed by atoms with Crippen LogP contribution in [-0.2, 0) is 4.74 Å². The fraction of sp³-hybridized carbons (Fsp3) is 0.333. The standard InChI is InChI=1S/C9H7F3N2O6/c1-2-19-8(16)6-4(14(17)18)3-5(15)7(13-6)20-9(10,11)12/h3,15H,2H2,1H3. The van der Waals surface area contributed by atoms with Gasteiger partial charge < -0.3 is 14.6 Å². The Hall–Kier alpha value is -2.59. The van der Waals surface area contributed by atoms with Gasteiger partial charge >= 0.3 is 18.0 Å². The molecule has 0 saturated carbocycles. The van der Waals surface area contributed by atoms with E-state index in [2.05, 4.69) is 14.5 Å². The van der Waals surface area contributed by atoms with Gasteiger partial charge in [0.2, 0.25) is 5.69 Å². The van der Waals surface area contributed by atoms with Crippen molar-refractivity contribution in [2.45, 2.75) is 13.3 Å². The smallest absolute Gasteiger partial charge is 0.503 e. The number of halogens is 3. The molecule has 8 nitrogen and oxygen atoms in total. The minimum Gasteiger partial charge on any atom is -0.503 e. The maximum absolute atomic E-state index is 12.0. The summed E-state index contributed by atoms with van der Waals surface area (Å²) in [5.74, 6) is -3.93. The molecule has 0 fully saturated rings. The lowest BCUT2D eigenvalue weighted by Gasteiger charge is -2.10. The van der Waals surface area contributed by atoms with Crippen LogP contribution in [0.5, 0.6) is 11.6 Å². The molecule has 0 radical (unpaired) electrons. The van der Waals surface area contributed by atoms with Gasteiger partial charge in [-0.25, -0.2) is 4.79 Å². The Morgan fingerprint density at radius 1 is 1.55 bits per heavy atom. The topological polar surface area (TPSA) is 112 Å². The van der Waals surface area contributed by atoms with Crippen LogP contribution >= 0.6 is 0 Å². The van der Waals surface area contributed by atoms with E-state index < -0.39 is 40.3 Å². The number of esters is 1. The first kappa shape index (κ1) is 15.5. The molecule has 0 bridgehead atoms. The van der Waals surface area contributed by atoms with Crippen LogP contribution in [0.3, 0.4) is 0 Å². The highest BCUT2D eigenvalue weighted by atomic mass is 19.4. The normalized spacial score (nSPS) is 11.0. The second-order valence-electron chi connectivity index (χ2n) is 3.21. The van der Waals surface area contributed by atoms with Crippen molar-refractivity contribution in [3.8, 4) is 11.6 Å². The minimum absolute atomic E-state index is 0.173. The molecule has 0 amide bonds. The Morgan fingerprint density at radius 3 is 2.60 bits per heavy atom. The zero-order valence-corrected chi connectivity index (χ0v) is 9.80. The first-order chi connectivity index (χ1) is 9.15. The van der Waals surface area contributed by atoms with Crippen molar-refractivity contribution in [3.63, 3.8) is 0 Å². The molecule has 1 heterocycles. The number of carbonyl (C=O) groups excluding carboxylic acids is 1. The van der Waals surface area contributed by atoms with Crippen molar-refractivity contribution >= 4 is 11.7 Å². The van der Waals surface area contributed by atoms with Crippen molar-refractivity contribution in [1.29, 1.82) is 0 Å². The monoisotopic (exact) mass is 296 g/mol. The lowest BCUT2D eigenvalue weighted by atomic mass is 10.3. The summed E-state index contributed by atoms with van der Waals surface area (Å²) in [6.07, 6.45) is -5.19. The van der Waals surface area contributed by atoms with Gasteiger partial charge in [0, 0.05) is 0 Å². The summed E-state index contributed by atoms with van der Waals surface area (Å²) in [6.45, 7) is 1.21. The zero-order chi connectivity index (χ0) is 15.5. The van der Waals surface area contributed by atoms with Gasteiger partial charge in [0.15, 0.2) is 5.75 Å². The second kappa shape index (κ2) is 5.59. The average Bonchev–Trinajstić information content (AvgIpc) is 2.29. The van der Waals surface area contributed by atoms with Crippen LogP contribution in [0, 0.1) is 10.1 Å². The maximum Gasteiger partial charge on any atom is 0.574 e. The molecule has 0 aromatic carbocycles. The number of nitro groups is 1. The highest BCUT2D eigenvalue weighted by molar-refractivity contribution is 5.92. The third-order valence-corrected chi connectivity index (χ3v) is 1.83. The fourth-order valence-corrected chi connectivity index (χ4v) is 1.15. The van der Waals surface area contributed by atoms with Crippen molar-refractivity contribution in [1.82, 2.24) is 4.98 Å². The zero-order valence-electron chi connectivity index (χ0n) is 9.80. The number of hydrogen-bond acceptors (Lipinski definition) is 7. The Labute approximate surface area is 108 Å². The second-order valence-corrected chi connectivity index (χ2v) is 3.21. The maximum atomic E-state index is 12.0. The van der Waals surface area contributed by atoms with Gasteiger partial charge in [0.1, 0.15) is 0 Å². The molecule has 1 rings (SSSR count). The summed E-state index contributed by atoms with van der Waals surface area (Å²) in [5, 5.41) is 19.9. The SMILES string of the molecule is CCOC(=O)c1nc(OC(F)(F)F)c(O)cc1[N+](=O)[O-]. The van der Waals surface area contributed by atoms with Crippen LogP contribution in [0.1, 0.15) is 17.4 Å². The van der Waals surface area contributed by atoms with Crippen LogP contribution < -0.4 is 4.74 Å². The predicted octanol–water partition coefficient (Wildman–Crippen LogP) is 1.77. The van der Waals surface area contributed by atoms with E-state index >= 15 is 0 Å². The van der Waals surface area contributed by atoms with Gasteiger partial charge in [0.25, 0.3) is 5.88 Å². The van der Waals surface area contributed by atoms with E-state index in [1.54, 1.807) is 0 Å². The molecule has 0 aliphatic heterocycles. The van der Waals surface area contributed by atoms with Gasteiger partial charge in [0.05, 0.1) is 17.6 Å². The van der Waals surface area contributed by atoms with Crippen molar-refractivity contribution < 1.29 is 37.5 Å². The van der Waals surface area contributed by atoms with Gasteiger partial charge in [-0.1, -0.05) is 0 Å². The number of ether oxygens (including phenoxy) is 2. The van der Waals surface area contributed by atoms with E-state index in [-0.39, 0.29) is 6.61 Å². The Balaban J connectivity index is 3.34. The van der Waals surface area contributed by atoms with E-state index in [1.165, 1.54) is 6.92 Å². The number of hydrogen-bond donors (Lipinski definition) is 1. The summed E-state index contributed by atoms with van der Waals surface area (Å²) < 4.78 is 43.9. The van der Waals surface area contributed by atoms with Gasteiger partial charge in [-0.3, -0.25) is 10.1 Å². The number of nitrogens with zero attached hydrogens (tertiary/aromatic N) is 2. The molecule has 0 atom stereocenters. The molecule has 0 saturated heterocycles. The van der Waals surface area contributed by atoms with Gasteiger partial charge in [-0.2, -0.15) is 4.98 Å². The average molecular weight is 296 g/mol. The minimum atomic E-state index is -5.19. The van der Waals surface area contributed by atoms with E-state index in [1.807, 2.05) is 0 Å². The Kier molecular flexibility index (Phi) is 4.32. The van der Waals surface area contributed by atoms with E-state index in [0.717, 1.165) is 0 Å². The molecule has 0 spiro atoms. The third kappa shape index (κ3) is 3.70. The van der Waals surface area contributed by atoms with Crippen LogP contribution in [0.4, 0.5) is 18.9 Å². The molecule has 20 heavy (non-hydrogen) atoms. The summed E-state index contributed by atoms with van der Waals surface area (Å²) in [4.78, 5) is 23.9. The molecule has 0 aliphatic rings. The van der Waals surface area contributed by atoms with Gasteiger partial charge in [-0.15, -0.1) is 13.2 Å². The number of carbonyl (C=O) groups is 1. The van der Waals surface area contributed by atoms with E-state index in [9.17, 15) is 33.2 Å². The molecular formula is C9H7F3N2O6. The molecule has 1 N–H and O–H groups in total. The van der Waals surface area contributed by atoms with E-state index in [4.69, 9.17) is 0 Å². The Bertz CT molecular complexity index is 545. The van der Waals surface area contributed by atoms with Crippen LogP contribution in [0.2, 0.25) is 0 Å². The van der Waals surface area contributed by atoms with Gasteiger partial charge in [-0.05, 0) is 6.92 Å². The lowest BCUT2D eigenvalue weighted by Crippen LogP contribution is -2.19. The number of aromatic hydroxyl groups is 1. The number of rotatable bonds is 4. The fourth-order valence-electron chi connectivity index (χ4n) is 1.15. The van der Waals surface area contributed by atoms with Crippen molar-refractivity contribution in [2.75, 3.05) is 6.61 Å². The van der Waals surface area contributed by atoms with Crippen molar-refractivity contribution in [2.24, 2.45) is 0 Å². The molecule has 11 heteroatoms. The number of pyridine rings is 1. The number of aromatic nitrogens is 1. The third-order valence-electron chi connectivity index (χ3n) is 1.83. The largest absolute Gasteiger partial charge is 0.574 e. The highest BCUT2D eigenvalue weighted by Gasteiger charge is 2.35. The highest BCUT2D eigenvalue weighted by Crippen LogP contribution is 2.34. The van der Waals surface area contributed by atoms with Crippen LogP contribution in [0.15, 0.2) is 6.07 Å². The summed E-state index contributed by atoms with van der Waals surface area (Å²) in [7, 11) is 0. The van der Waals surface area contributed by atoms with Crippen LogP contribution in [-0.4, -0.2) is 34.0 Å². The summed E-state index contributed by atoms with van der Waals surface area (Å²) in [5.41, 5.74) is -2.01. The summed E-state index contributed by atoms with van der Waals surface area (Å²) >= 11 is 0. The predicted molar refractivity (Wildman–Crippen MR) is 55.2 cm³/mol. The molecule has 110 valence electrons. The quantitative estimate of drug-likeness (QED) is 0.512. The molecule has 1 aromatic rings. The first-order valence-corrected chi connectivity index (χ1v) is 4.97. The lowest BCUT2D eigenvalue weighted by molar-refractivity contribution is -0.385. The van der Waals surface area contributed by atoms with E-state index in [0.29, 0.717) is 6.07 Å². The van der Waals surface area contributed by atoms with Crippen molar-refractivity contribution in [3.05, 3.63) is 21.9 Å². The first-order valence-electron chi connectivity index (χ1n) is 4.97. The number of alkyl halides is 3. The summed E-state index contributed by atoms with van der Waals surface area (Å²) in [6, 6.07) is 0.320. The van der Waals surface area contributed by atoms with Crippen LogP contribution in [0.25, 0.3) is 0 Å². The molecule has 0 aliphatic carbocycles. The Morgan fingerprint density at radius 2 is 2.15 bits per heavy atom. The molecule has 0 unspecified atom stereocenters. The molecule has 1 aromatic heterocycles.